The second kappa shape index (κ2) is 14.7. The largest absolute Gasteiger partial charge is 0.353 e. The molecule has 0 saturated carbocycles. The number of halogens is 1. The Morgan fingerprint density at radius 2 is 1.82 bits per heavy atom. The summed E-state index contributed by atoms with van der Waals surface area (Å²) in [5.41, 5.74) is 1.20. The third-order valence-corrected chi connectivity index (χ3v) is 8.23. The average molecular weight is 571 g/mol. The van der Waals surface area contributed by atoms with Gasteiger partial charge in [0.2, 0.25) is 11.8 Å². The molecule has 4 rings (SSSR count). The minimum Gasteiger partial charge on any atom is -0.353 e. The van der Waals surface area contributed by atoms with E-state index in [4.69, 9.17) is 16.6 Å². The van der Waals surface area contributed by atoms with Gasteiger partial charge in [0.25, 0.3) is 0 Å². The summed E-state index contributed by atoms with van der Waals surface area (Å²) in [5, 5.41) is 0.867. The van der Waals surface area contributed by atoms with Gasteiger partial charge in [-0.05, 0) is 18.9 Å². The second-order valence-electron chi connectivity index (χ2n) is 10.1. The van der Waals surface area contributed by atoms with E-state index in [2.05, 4.69) is 52.9 Å². The maximum atomic E-state index is 12.9. The van der Waals surface area contributed by atoms with Crippen LogP contribution >= 0.6 is 23.4 Å². The Balaban J connectivity index is 1.23. The van der Waals surface area contributed by atoms with Crippen molar-refractivity contribution in [2.45, 2.75) is 44.3 Å². The molecule has 8 nitrogen and oxygen atoms in total. The molecule has 10 heteroatoms. The van der Waals surface area contributed by atoms with E-state index >= 15 is 0 Å². The van der Waals surface area contributed by atoms with Crippen LogP contribution in [0.25, 0.3) is 6.08 Å². The lowest BCUT2D eigenvalue weighted by Crippen LogP contribution is -2.54. The monoisotopic (exact) mass is 570 g/mol. The number of amides is 2. The molecule has 0 N–H and O–H groups in total. The van der Waals surface area contributed by atoms with Crippen LogP contribution in [-0.4, -0.2) is 101 Å². The van der Waals surface area contributed by atoms with Crippen molar-refractivity contribution < 1.29 is 9.59 Å². The fourth-order valence-electron chi connectivity index (χ4n) is 4.92. The van der Waals surface area contributed by atoms with Gasteiger partial charge in [0.15, 0.2) is 5.16 Å². The van der Waals surface area contributed by atoms with Crippen LogP contribution in [-0.2, 0) is 9.59 Å². The maximum absolute atomic E-state index is 12.9. The smallest absolute Gasteiger partial charge is 0.233 e. The zero-order valence-electron chi connectivity index (χ0n) is 23.0. The van der Waals surface area contributed by atoms with E-state index in [0.717, 1.165) is 51.4 Å². The molecule has 0 bridgehead atoms. The van der Waals surface area contributed by atoms with Crippen molar-refractivity contribution in [2.24, 2.45) is 0 Å². The number of carbonyl (C=O) groups excluding carboxylic acids is 2. The van der Waals surface area contributed by atoms with Crippen LogP contribution in [0.15, 0.2) is 47.6 Å². The van der Waals surface area contributed by atoms with Crippen LogP contribution in [0.2, 0.25) is 5.15 Å². The SMILES string of the molecule is CCCCC(=O)N1CCN(c2cc(Cl)nc(SCC(=O)N3CCN(CC=Cc4ccccc4)CC3)n2)CC1C. The molecule has 39 heavy (non-hydrogen) atoms. The predicted octanol–water partition coefficient (Wildman–Crippen LogP) is 4.31. The molecule has 1 aromatic carbocycles. The van der Waals surface area contributed by atoms with Gasteiger partial charge in [0.1, 0.15) is 11.0 Å². The molecular formula is C29H39ClN6O2S. The maximum Gasteiger partial charge on any atom is 0.233 e. The molecule has 0 spiro atoms. The van der Waals surface area contributed by atoms with E-state index in [1.807, 2.05) is 28.0 Å². The van der Waals surface area contributed by atoms with Gasteiger partial charge in [-0.15, -0.1) is 0 Å². The summed E-state index contributed by atoms with van der Waals surface area (Å²) in [4.78, 5) is 42.9. The van der Waals surface area contributed by atoms with Crippen molar-refractivity contribution in [1.29, 1.82) is 0 Å². The predicted molar refractivity (Wildman–Crippen MR) is 159 cm³/mol. The summed E-state index contributed by atoms with van der Waals surface area (Å²) in [5.74, 6) is 1.35. The van der Waals surface area contributed by atoms with Crippen LogP contribution in [0, 0.1) is 0 Å². The highest BCUT2D eigenvalue weighted by molar-refractivity contribution is 7.99. The minimum atomic E-state index is 0.0948. The van der Waals surface area contributed by atoms with Crippen LogP contribution in [0.5, 0.6) is 0 Å². The van der Waals surface area contributed by atoms with Gasteiger partial charge >= 0.3 is 0 Å². The summed E-state index contributed by atoms with van der Waals surface area (Å²) in [6.45, 7) is 10.3. The van der Waals surface area contributed by atoms with Crippen molar-refractivity contribution in [3.63, 3.8) is 0 Å². The Morgan fingerprint density at radius 3 is 2.54 bits per heavy atom. The first-order valence-corrected chi connectivity index (χ1v) is 15.2. The lowest BCUT2D eigenvalue weighted by Gasteiger charge is -2.40. The fourth-order valence-corrected chi connectivity index (χ4v) is 5.90. The molecule has 1 aromatic heterocycles. The average Bonchev–Trinajstić information content (AvgIpc) is 2.95. The van der Waals surface area contributed by atoms with E-state index in [-0.39, 0.29) is 23.6 Å². The highest BCUT2D eigenvalue weighted by atomic mass is 35.5. The Hall–Kier alpha value is -2.62. The molecule has 1 atom stereocenters. The molecule has 2 saturated heterocycles. The molecule has 3 heterocycles. The Kier molecular flexibility index (Phi) is 11.1. The zero-order chi connectivity index (χ0) is 27.6. The van der Waals surface area contributed by atoms with Gasteiger partial charge in [-0.1, -0.05) is 79.2 Å². The Morgan fingerprint density at radius 1 is 1.05 bits per heavy atom. The topological polar surface area (TPSA) is 72.9 Å². The first kappa shape index (κ1) is 29.4. The molecule has 0 radical (unpaired) electrons. The van der Waals surface area contributed by atoms with Crippen LogP contribution in [0.3, 0.4) is 0 Å². The number of piperazine rings is 2. The fraction of sp³-hybridized carbons (Fsp3) is 0.517. The van der Waals surface area contributed by atoms with Crippen molar-refractivity contribution in [1.82, 2.24) is 24.7 Å². The molecule has 0 aliphatic carbocycles. The summed E-state index contributed by atoms with van der Waals surface area (Å²) in [6, 6.07) is 12.1. The van der Waals surface area contributed by atoms with Gasteiger partial charge in [0.05, 0.1) is 5.75 Å². The number of aromatic nitrogens is 2. The van der Waals surface area contributed by atoms with Crippen molar-refractivity contribution in [3.05, 3.63) is 53.2 Å². The van der Waals surface area contributed by atoms with Crippen molar-refractivity contribution in [3.8, 4) is 0 Å². The Bertz CT molecular complexity index is 1130. The highest BCUT2D eigenvalue weighted by Gasteiger charge is 2.28. The van der Waals surface area contributed by atoms with Crippen molar-refractivity contribution in [2.75, 3.05) is 63.0 Å². The lowest BCUT2D eigenvalue weighted by atomic mass is 10.1. The molecule has 1 unspecified atom stereocenters. The first-order valence-electron chi connectivity index (χ1n) is 13.9. The summed E-state index contributed by atoms with van der Waals surface area (Å²) in [6.07, 6.45) is 6.87. The zero-order valence-corrected chi connectivity index (χ0v) is 24.5. The molecule has 2 fully saturated rings. The van der Waals surface area contributed by atoms with Crippen LogP contribution in [0.1, 0.15) is 38.7 Å². The van der Waals surface area contributed by atoms with Gasteiger partial charge in [-0.2, -0.15) is 0 Å². The minimum absolute atomic E-state index is 0.0948. The van der Waals surface area contributed by atoms with Crippen molar-refractivity contribution >= 4 is 47.1 Å². The molecule has 2 amide bonds. The number of unbranched alkanes of at least 4 members (excludes halogenated alkanes) is 1. The van der Waals surface area contributed by atoms with E-state index < -0.39 is 0 Å². The quantitative estimate of drug-likeness (QED) is 0.239. The highest BCUT2D eigenvalue weighted by Crippen LogP contribution is 2.25. The van der Waals surface area contributed by atoms with E-state index in [9.17, 15) is 9.59 Å². The standard InChI is InChI=1S/C29H39ClN6O2S/c1-3-4-12-27(37)36-19-18-35(21-23(36)2)26-20-25(30)31-29(32-26)39-22-28(38)34-16-14-33(15-17-34)13-8-11-24-9-6-5-7-10-24/h5-11,20,23H,3-4,12-19,21-22H2,1-2H3. The molecule has 2 aliphatic rings. The number of hydrogen-bond donors (Lipinski definition) is 0. The number of nitrogens with zero attached hydrogens (tertiary/aromatic N) is 6. The summed E-state index contributed by atoms with van der Waals surface area (Å²) >= 11 is 7.67. The van der Waals surface area contributed by atoms with E-state index in [0.29, 0.717) is 36.4 Å². The number of rotatable bonds is 10. The van der Waals surface area contributed by atoms with Crippen LogP contribution in [0.4, 0.5) is 5.82 Å². The number of carbonyl (C=O) groups is 2. The van der Waals surface area contributed by atoms with Gasteiger partial charge in [-0.3, -0.25) is 14.5 Å². The van der Waals surface area contributed by atoms with E-state index in [1.165, 1.54) is 17.3 Å². The molecule has 2 aromatic rings. The normalized spacial score (nSPS) is 18.6. The number of hydrogen-bond acceptors (Lipinski definition) is 7. The number of benzene rings is 1. The summed E-state index contributed by atoms with van der Waals surface area (Å²) in [7, 11) is 0. The third-order valence-electron chi connectivity index (χ3n) is 7.20. The number of thioether (sulfide) groups is 1. The van der Waals surface area contributed by atoms with E-state index in [1.54, 1.807) is 6.07 Å². The first-order chi connectivity index (χ1) is 18.9. The molecular weight excluding hydrogens is 532 g/mol. The van der Waals surface area contributed by atoms with Gasteiger partial charge < -0.3 is 14.7 Å². The summed E-state index contributed by atoms with van der Waals surface area (Å²) < 4.78 is 0. The second-order valence-corrected chi connectivity index (χ2v) is 11.4. The third kappa shape index (κ3) is 8.68. The number of anilines is 1. The lowest BCUT2D eigenvalue weighted by molar-refractivity contribution is -0.133. The molecule has 210 valence electrons. The van der Waals surface area contributed by atoms with Crippen LogP contribution < -0.4 is 4.90 Å². The van der Waals surface area contributed by atoms with Gasteiger partial charge in [0, 0.05) is 70.9 Å². The Labute approximate surface area is 241 Å². The van der Waals surface area contributed by atoms with Gasteiger partial charge in [-0.25, -0.2) is 9.97 Å². The molecule has 2 aliphatic heterocycles.